The number of Topliss-reactive ketones (excluding diaryl/α,β-unsaturated/α-hetero) is 1. The smallest absolute Gasteiger partial charge is 0.138 e. The Morgan fingerprint density at radius 2 is 1.72 bits per heavy atom. The summed E-state index contributed by atoms with van der Waals surface area (Å²) in [6.07, 6.45) is 2.86. The van der Waals surface area contributed by atoms with E-state index in [1.165, 1.54) is 5.56 Å². The third-order valence-corrected chi connectivity index (χ3v) is 3.93. The van der Waals surface area contributed by atoms with Gasteiger partial charge in [-0.2, -0.15) is 0 Å². The number of hydrogen-bond acceptors (Lipinski definition) is 2. The van der Waals surface area contributed by atoms with E-state index in [-0.39, 0.29) is 11.7 Å². The molecule has 1 aromatic carbocycles. The Kier molecular flexibility index (Phi) is 4.18. The second kappa shape index (κ2) is 5.66. The quantitative estimate of drug-likeness (QED) is 0.884. The monoisotopic (exact) mass is 246 g/mol. The lowest BCUT2D eigenvalue weighted by molar-refractivity contribution is -0.128. The summed E-state index contributed by atoms with van der Waals surface area (Å²) >= 11 is 0. The highest BCUT2D eigenvalue weighted by Gasteiger charge is 2.29. The minimum atomic E-state index is -0.626. The van der Waals surface area contributed by atoms with Crippen molar-refractivity contribution in [1.29, 1.82) is 0 Å². The Hall–Kier alpha value is -1.15. The number of hydrogen-bond donors (Lipinski definition) is 1. The van der Waals surface area contributed by atoms with Crippen LogP contribution in [0.25, 0.3) is 0 Å². The van der Waals surface area contributed by atoms with E-state index in [0.29, 0.717) is 12.3 Å². The first-order valence-electron chi connectivity index (χ1n) is 6.90. The number of carbonyl (C=O) groups is 1. The number of rotatable bonds is 3. The molecule has 1 N–H and O–H groups in total. The molecule has 2 rings (SSSR count). The first-order chi connectivity index (χ1) is 8.59. The van der Waals surface area contributed by atoms with E-state index >= 15 is 0 Å². The van der Waals surface area contributed by atoms with Crippen molar-refractivity contribution in [1.82, 2.24) is 0 Å². The molecule has 98 valence electrons. The van der Waals surface area contributed by atoms with Crippen LogP contribution >= 0.6 is 0 Å². The van der Waals surface area contributed by atoms with Crippen molar-refractivity contribution in [2.75, 3.05) is 0 Å². The minimum absolute atomic E-state index is 0.191. The predicted octanol–water partition coefficient (Wildman–Crippen LogP) is 3.60. The van der Waals surface area contributed by atoms with Crippen LogP contribution in [0.1, 0.15) is 62.7 Å². The second-order valence-corrected chi connectivity index (χ2v) is 5.58. The van der Waals surface area contributed by atoms with Gasteiger partial charge >= 0.3 is 0 Å². The summed E-state index contributed by atoms with van der Waals surface area (Å²) in [6, 6.07) is 8.02. The molecule has 0 aliphatic heterocycles. The summed E-state index contributed by atoms with van der Waals surface area (Å²) in [5.41, 5.74) is 2.14. The molecule has 1 saturated carbocycles. The Morgan fingerprint density at radius 1 is 1.11 bits per heavy atom. The maximum atomic E-state index is 11.8. The number of benzene rings is 1. The van der Waals surface area contributed by atoms with Gasteiger partial charge in [0.15, 0.2) is 0 Å². The van der Waals surface area contributed by atoms with Gasteiger partial charge in [0.25, 0.3) is 0 Å². The zero-order valence-corrected chi connectivity index (χ0v) is 11.2. The molecule has 0 saturated heterocycles. The van der Waals surface area contributed by atoms with Gasteiger partial charge in [0.05, 0.1) is 6.10 Å². The molecule has 0 spiro atoms. The minimum Gasteiger partial charge on any atom is -0.388 e. The van der Waals surface area contributed by atoms with E-state index in [4.69, 9.17) is 0 Å². The summed E-state index contributed by atoms with van der Waals surface area (Å²) in [5, 5.41) is 10.3. The van der Waals surface area contributed by atoms with Crippen molar-refractivity contribution < 1.29 is 9.90 Å². The van der Waals surface area contributed by atoms with Crippen molar-refractivity contribution in [2.24, 2.45) is 5.92 Å². The second-order valence-electron chi connectivity index (χ2n) is 5.58. The summed E-state index contributed by atoms with van der Waals surface area (Å²) in [4.78, 5) is 11.8. The molecule has 1 aromatic rings. The maximum absolute atomic E-state index is 11.8. The molecular weight excluding hydrogens is 224 g/mol. The van der Waals surface area contributed by atoms with Crippen LogP contribution in [0, 0.1) is 5.92 Å². The van der Waals surface area contributed by atoms with Gasteiger partial charge in [-0.05, 0) is 29.9 Å². The topological polar surface area (TPSA) is 37.3 Å². The van der Waals surface area contributed by atoms with Crippen LogP contribution < -0.4 is 0 Å². The van der Waals surface area contributed by atoms with E-state index < -0.39 is 6.10 Å². The Labute approximate surface area is 109 Å². The largest absolute Gasteiger partial charge is 0.388 e. The lowest BCUT2D eigenvalue weighted by Gasteiger charge is -2.25. The van der Waals surface area contributed by atoms with Crippen molar-refractivity contribution in [2.45, 2.75) is 51.6 Å². The van der Waals surface area contributed by atoms with Crippen LogP contribution in [0.3, 0.4) is 0 Å². The molecule has 0 bridgehead atoms. The molecule has 0 aromatic heterocycles. The molecule has 0 radical (unpaired) electrons. The highest BCUT2D eigenvalue weighted by molar-refractivity contribution is 5.82. The lowest BCUT2D eigenvalue weighted by atomic mass is 9.81. The van der Waals surface area contributed by atoms with Crippen LogP contribution in [0.4, 0.5) is 0 Å². The van der Waals surface area contributed by atoms with Crippen molar-refractivity contribution in [3.63, 3.8) is 0 Å². The molecule has 2 nitrogen and oxygen atoms in total. The summed E-state index contributed by atoms with van der Waals surface area (Å²) in [5.74, 6) is 0.526. The van der Waals surface area contributed by atoms with Crippen molar-refractivity contribution >= 4 is 5.78 Å². The van der Waals surface area contributed by atoms with Gasteiger partial charge in [-0.15, -0.1) is 0 Å². The molecular formula is C16H22O2. The van der Waals surface area contributed by atoms with E-state index in [1.807, 2.05) is 12.1 Å². The Balaban J connectivity index is 2.12. The van der Waals surface area contributed by atoms with Gasteiger partial charge in [-0.25, -0.2) is 0 Å². The van der Waals surface area contributed by atoms with E-state index in [9.17, 15) is 9.90 Å². The molecule has 0 amide bonds. The first kappa shape index (κ1) is 13.3. The fourth-order valence-electron chi connectivity index (χ4n) is 2.65. The molecule has 1 aliphatic rings. The first-order valence-corrected chi connectivity index (χ1v) is 6.90. The van der Waals surface area contributed by atoms with Crippen LogP contribution in [0.5, 0.6) is 0 Å². The van der Waals surface area contributed by atoms with Gasteiger partial charge in [0.2, 0.25) is 0 Å². The highest BCUT2D eigenvalue weighted by atomic mass is 16.3. The number of aliphatic hydroxyl groups excluding tert-OH is 1. The molecule has 0 heterocycles. The van der Waals surface area contributed by atoms with E-state index in [0.717, 1.165) is 24.8 Å². The summed E-state index contributed by atoms with van der Waals surface area (Å²) in [7, 11) is 0. The Bertz CT molecular complexity index is 406. The average Bonchev–Trinajstić information content (AvgIpc) is 2.38. The van der Waals surface area contributed by atoms with Crippen LogP contribution in [-0.4, -0.2) is 10.9 Å². The third-order valence-electron chi connectivity index (χ3n) is 3.93. The van der Waals surface area contributed by atoms with Crippen molar-refractivity contribution in [3.05, 3.63) is 35.4 Å². The van der Waals surface area contributed by atoms with E-state index in [1.54, 1.807) is 0 Å². The fourth-order valence-corrected chi connectivity index (χ4v) is 2.65. The summed E-state index contributed by atoms with van der Waals surface area (Å²) in [6.45, 7) is 4.30. The number of carbonyl (C=O) groups excluding carboxylic acids is 1. The molecule has 1 aliphatic carbocycles. The molecule has 2 heteroatoms. The SMILES string of the molecule is CC(C)c1ccc([C@H](O)[C@@H]2CCCCC2=O)cc1. The normalized spacial score (nSPS) is 22.2. The zero-order chi connectivity index (χ0) is 13.1. The maximum Gasteiger partial charge on any atom is 0.138 e. The third kappa shape index (κ3) is 2.81. The Morgan fingerprint density at radius 3 is 2.28 bits per heavy atom. The summed E-state index contributed by atoms with van der Waals surface area (Å²) < 4.78 is 0. The van der Waals surface area contributed by atoms with Gasteiger partial charge in [-0.3, -0.25) is 4.79 Å². The van der Waals surface area contributed by atoms with Gasteiger partial charge in [0.1, 0.15) is 5.78 Å². The van der Waals surface area contributed by atoms with Gasteiger partial charge < -0.3 is 5.11 Å². The number of ketones is 1. The average molecular weight is 246 g/mol. The van der Waals surface area contributed by atoms with Crippen molar-refractivity contribution in [3.8, 4) is 0 Å². The van der Waals surface area contributed by atoms with Crippen LogP contribution in [0.2, 0.25) is 0 Å². The molecule has 0 unspecified atom stereocenters. The molecule has 2 atom stereocenters. The highest BCUT2D eigenvalue weighted by Crippen LogP contribution is 2.32. The standard InChI is InChI=1S/C16H22O2/c1-11(2)12-7-9-13(10-8-12)16(18)14-5-3-4-6-15(14)17/h7-11,14,16,18H,3-6H2,1-2H3/t14-,16+/m1/s1. The lowest BCUT2D eigenvalue weighted by Crippen LogP contribution is -2.25. The molecule has 18 heavy (non-hydrogen) atoms. The van der Waals surface area contributed by atoms with Crippen LogP contribution in [0.15, 0.2) is 24.3 Å². The fraction of sp³-hybridized carbons (Fsp3) is 0.562. The molecule has 1 fully saturated rings. The van der Waals surface area contributed by atoms with Crippen LogP contribution in [-0.2, 0) is 4.79 Å². The zero-order valence-electron chi connectivity index (χ0n) is 11.2. The van der Waals surface area contributed by atoms with Gasteiger partial charge in [0, 0.05) is 12.3 Å². The number of aliphatic hydroxyl groups is 1. The predicted molar refractivity (Wildman–Crippen MR) is 72.5 cm³/mol. The van der Waals surface area contributed by atoms with Gasteiger partial charge in [-0.1, -0.05) is 44.5 Å². The van der Waals surface area contributed by atoms with E-state index in [2.05, 4.69) is 26.0 Å².